The standard InChI is InChI=1S/C30H33ClN4O3/c1-4-23-18-34(16-21-8-6-7-9-27(21)38-23)17-22-14-20(11-10-19(22)3)25(15-28(36)37)24-12-13-26-30(29(24)31)32-33-35(26)5-2/h6-14,23,25H,4-5,15-18H2,1-3H3,(H,36,37)/p-1/t23-,25-/m1/s1. The van der Waals surface area contributed by atoms with Crippen molar-refractivity contribution in [3.05, 3.63) is 87.4 Å². The third-order valence-electron chi connectivity index (χ3n) is 7.45. The number of carbonyl (C=O) groups is 1. The second kappa shape index (κ2) is 11.1. The number of carboxylic acid groups (broad SMARTS) is 1. The molecule has 7 nitrogen and oxygen atoms in total. The van der Waals surface area contributed by atoms with Gasteiger partial charge >= 0.3 is 0 Å². The molecule has 0 unspecified atom stereocenters. The number of carboxylic acids is 1. The van der Waals surface area contributed by atoms with E-state index in [1.165, 1.54) is 5.56 Å². The summed E-state index contributed by atoms with van der Waals surface area (Å²) in [6.07, 6.45) is 0.842. The minimum absolute atomic E-state index is 0.107. The van der Waals surface area contributed by atoms with Crippen LogP contribution in [0.4, 0.5) is 0 Å². The molecule has 198 valence electrons. The summed E-state index contributed by atoms with van der Waals surface area (Å²) < 4.78 is 8.06. The van der Waals surface area contributed by atoms with Gasteiger partial charge in [-0.2, -0.15) is 0 Å². The van der Waals surface area contributed by atoms with E-state index in [2.05, 4.69) is 47.3 Å². The molecule has 8 heteroatoms. The minimum atomic E-state index is -1.13. The first-order valence-corrected chi connectivity index (χ1v) is 13.5. The molecule has 0 saturated heterocycles. The van der Waals surface area contributed by atoms with Crippen molar-refractivity contribution in [2.45, 2.75) is 65.3 Å². The van der Waals surface area contributed by atoms with Crippen LogP contribution in [0.25, 0.3) is 11.0 Å². The SMILES string of the molecule is CC[C@@H]1CN(Cc2cc([C@@H](CC(=O)[O-])c3ccc4c(nnn4CC)c3Cl)ccc2C)Cc2ccccc2O1. The first kappa shape index (κ1) is 26.2. The van der Waals surface area contributed by atoms with Gasteiger partial charge in [0.15, 0.2) is 0 Å². The third-order valence-corrected chi connectivity index (χ3v) is 7.85. The van der Waals surface area contributed by atoms with Crippen molar-refractivity contribution >= 4 is 28.6 Å². The molecule has 0 amide bonds. The van der Waals surface area contributed by atoms with Crippen LogP contribution in [0.3, 0.4) is 0 Å². The predicted molar refractivity (Wildman–Crippen MR) is 146 cm³/mol. The van der Waals surface area contributed by atoms with Crippen LogP contribution in [-0.4, -0.2) is 38.5 Å². The molecule has 2 atom stereocenters. The third kappa shape index (κ3) is 5.26. The van der Waals surface area contributed by atoms with Crippen LogP contribution in [-0.2, 0) is 24.4 Å². The van der Waals surface area contributed by atoms with Crippen molar-refractivity contribution in [2.75, 3.05) is 6.54 Å². The molecule has 0 radical (unpaired) electrons. The van der Waals surface area contributed by atoms with Gasteiger partial charge in [0.1, 0.15) is 17.4 Å². The van der Waals surface area contributed by atoms with Crippen LogP contribution in [0.2, 0.25) is 5.02 Å². The number of nitrogens with zero attached hydrogens (tertiary/aromatic N) is 4. The van der Waals surface area contributed by atoms with E-state index in [9.17, 15) is 9.90 Å². The van der Waals surface area contributed by atoms with E-state index < -0.39 is 11.9 Å². The van der Waals surface area contributed by atoms with Crippen LogP contribution in [0.1, 0.15) is 60.4 Å². The van der Waals surface area contributed by atoms with Gasteiger partial charge in [0.2, 0.25) is 0 Å². The van der Waals surface area contributed by atoms with Gasteiger partial charge in [0, 0.05) is 43.6 Å². The molecule has 3 aromatic carbocycles. The summed E-state index contributed by atoms with van der Waals surface area (Å²) in [7, 11) is 0. The van der Waals surface area contributed by atoms with Crippen LogP contribution in [0.15, 0.2) is 54.6 Å². The van der Waals surface area contributed by atoms with Gasteiger partial charge in [-0.15, -0.1) is 5.10 Å². The molecule has 5 rings (SSSR count). The Balaban J connectivity index is 1.50. The Bertz CT molecular complexity index is 1470. The van der Waals surface area contributed by atoms with Crippen molar-refractivity contribution in [1.29, 1.82) is 0 Å². The maximum absolute atomic E-state index is 11.9. The Hall–Kier alpha value is -3.42. The van der Waals surface area contributed by atoms with E-state index in [0.717, 1.165) is 54.0 Å². The molecule has 0 bridgehead atoms. The number of ether oxygens (including phenoxy) is 1. The largest absolute Gasteiger partial charge is 0.550 e. The molecule has 1 aromatic heterocycles. The van der Waals surface area contributed by atoms with Gasteiger partial charge in [-0.25, -0.2) is 4.68 Å². The fraction of sp³-hybridized carbons (Fsp3) is 0.367. The lowest BCUT2D eigenvalue weighted by Gasteiger charge is -2.26. The average molecular weight is 532 g/mol. The summed E-state index contributed by atoms with van der Waals surface area (Å²) in [6, 6.07) is 18.2. The fourth-order valence-electron chi connectivity index (χ4n) is 5.31. The number of para-hydroxylation sites is 1. The first-order chi connectivity index (χ1) is 18.4. The summed E-state index contributed by atoms with van der Waals surface area (Å²) in [6.45, 7) is 9.22. The summed E-state index contributed by atoms with van der Waals surface area (Å²) in [5.74, 6) is -0.649. The van der Waals surface area contributed by atoms with Crippen molar-refractivity contribution < 1.29 is 14.6 Å². The van der Waals surface area contributed by atoms with E-state index in [0.29, 0.717) is 22.6 Å². The second-order valence-corrected chi connectivity index (χ2v) is 10.4. The van der Waals surface area contributed by atoms with E-state index in [1.54, 1.807) is 4.68 Å². The lowest BCUT2D eigenvalue weighted by atomic mass is 9.86. The molecule has 2 heterocycles. The Labute approximate surface area is 228 Å². The second-order valence-electron chi connectivity index (χ2n) is 9.98. The van der Waals surface area contributed by atoms with Crippen molar-refractivity contribution in [1.82, 2.24) is 19.9 Å². The molecule has 38 heavy (non-hydrogen) atoms. The number of hydrogen-bond acceptors (Lipinski definition) is 6. The maximum Gasteiger partial charge on any atom is 0.132 e. The van der Waals surface area contributed by atoms with Gasteiger partial charge in [-0.3, -0.25) is 4.90 Å². The number of rotatable bonds is 8. The Morgan fingerprint density at radius 1 is 1.18 bits per heavy atom. The predicted octanol–water partition coefficient (Wildman–Crippen LogP) is 4.86. The number of aryl methyl sites for hydroxylation is 2. The average Bonchev–Trinajstić information content (AvgIpc) is 3.24. The summed E-state index contributed by atoms with van der Waals surface area (Å²) in [4.78, 5) is 14.3. The van der Waals surface area contributed by atoms with Gasteiger partial charge in [-0.1, -0.05) is 66.2 Å². The highest BCUT2D eigenvalue weighted by Crippen LogP contribution is 2.37. The van der Waals surface area contributed by atoms with Crippen LogP contribution < -0.4 is 9.84 Å². The van der Waals surface area contributed by atoms with E-state index in [1.807, 2.05) is 43.3 Å². The molecular formula is C30H32ClN4O3-. The molecule has 0 N–H and O–H groups in total. The molecule has 0 aliphatic carbocycles. The maximum atomic E-state index is 11.9. The Kier molecular flexibility index (Phi) is 7.68. The van der Waals surface area contributed by atoms with E-state index in [-0.39, 0.29) is 12.5 Å². The van der Waals surface area contributed by atoms with E-state index >= 15 is 0 Å². The zero-order chi connectivity index (χ0) is 26.8. The summed E-state index contributed by atoms with van der Waals surface area (Å²) in [5, 5.41) is 20.7. The normalized spacial score (nSPS) is 16.6. The molecule has 1 aliphatic rings. The van der Waals surface area contributed by atoms with E-state index in [4.69, 9.17) is 16.3 Å². The Morgan fingerprint density at radius 2 is 2.00 bits per heavy atom. The number of aromatic nitrogens is 3. The number of fused-ring (bicyclic) bond motifs is 2. The zero-order valence-electron chi connectivity index (χ0n) is 22.0. The first-order valence-electron chi connectivity index (χ1n) is 13.2. The highest BCUT2D eigenvalue weighted by molar-refractivity contribution is 6.35. The van der Waals surface area contributed by atoms with Gasteiger partial charge in [-0.05, 0) is 61.1 Å². The smallest absolute Gasteiger partial charge is 0.132 e. The number of carbonyl (C=O) groups excluding carboxylic acids is 1. The lowest BCUT2D eigenvalue weighted by Crippen LogP contribution is -2.32. The number of aliphatic carboxylic acids is 1. The Morgan fingerprint density at radius 3 is 2.76 bits per heavy atom. The highest BCUT2D eigenvalue weighted by Gasteiger charge is 2.24. The van der Waals surface area contributed by atoms with Crippen molar-refractivity contribution in [2.24, 2.45) is 0 Å². The monoisotopic (exact) mass is 531 g/mol. The van der Waals surface area contributed by atoms with Gasteiger partial charge in [0.25, 0.3) is 0 Å². The lowest BCUT2D eigenvalue weighted by molar-refractivity contribution is -0.305. The summed E-state index contributed by atoms with van der Waals surface area (Å²) in [5.41, 5.74) is 6.48. The summed E-state index contributed by atoms with van der Waals surface area (Å²) >= 11 is 6.81. The zero-order valence-corrected chi connectivity index (χ0v) is 22.7. The quantitative estimate of drug-likeness (QED) is 0.323. The van der Waals surface area contributed by atoms with Crippen molar-refractivity contribution in [3.63, 3.8) is 0 Å². The molecular weight excluding hydrogens is 500 g/mol. The molecule has 0 fully saturated rings. The molecule has 1 aliphatic heterocycles. The van der Waals surface area contributed by atoms with Crippen LogP contribution >= 0.6 is 11.6 Å². The van der Waals surface area contributed by atoms with Crippen LogP contribution in [0, 0.1) is 6.92 Å². The molecule has 0 spiro atoms. The topological polar surface area (TPSA) is 83.3 Å². The molecule has 4 aromatic rings. The minimum Gasteiger partial charge on any atom is -0.550 e. The van der Waals surface area contributed by atoms with Gasteiger partial charge < -0.3 is 14.6 Å². The van der Waals surface area contributed by atoms with Crippen molar-refractivity contribution in [3.8, 4) is 5.75 Å². The van der Waals surface area contributed by atoms with Crippen LogP contribution in [0.5, 0.6) is 5.75 Å². The number of hydrogen-bond donors (Lipinski definition) is 0. The number of halogens is 1. The van der Waals surface area contributed by atoms with Gasteiger partial charge in [0.05, 0.1) is 10.5 Å². The highest BCUT2D eigenvalue weighted by atomic mass is 35.5. The number of benzene rings is 3. The fourth-order valence-corrected chi connectivity index (χ4v) is 5.64. The molecule has 0 saturated carbocycles.